The van der Waals surface area contributed by atoms with Crippen LogP contribution < -0.4 is 10.1 Å². The van der Waals surface area contributed by atoms with E-state index in [2.05, 4.69) is 25.4 Å². The van der Waals surface area contributed by atoms with E-state index in [4.69, 9.17) is 4.74 Å². The van der Waals surface area contributed by atoms with Gasteiger partial charge in [0, 0.05) is 30.0 Å². The molecular weight excluding hydrogens is 380 g/mol. The molecule has 0 radical (unpaired) electrons. The smallest absolute Gasteiger partial charge is 0.252 e. The van der Waals surface area contributed by atoms with Crippen LogP contribution in [-0.4, -0.2) is 42.6 Å². The van der Waals surface area contributed by atoms with E-state index < -0.39 is 0 Å². The first-order chi connectivity index (χ1) is 14.5. The normalized spacial score (nSPS) is 19.0. The molecule has 1 aliphatic carbocycles. The van der Waals surface area contributed by atoms with Gasteiger partial charge in [0.05, 0.1) is 11.8 Å². The maximum absolute atomic E-state index is 12.5. The third kappa shape index (κ3) is 4.42. The molecule has 3 heterocycles. The molecule has 158 valence electrons. The molecule has 0 unspecified atom stereocenters. The number of aryl methyl sites for hydroxylation is 3. The maximum atomic E-state index is 12.5. The van der Waals surface area contributed by atoms with E-state index in [0.29, 0.717) is 18.6 Å². The average Bonchev–Trinajstić information content (AvgIpc) is 3.19. The molecular formula is C22H28N6O2. The molecule has 8 nitrogen and oxygen atoms in total. The fourth-order valence-electron chi connectivity index (χ4n) is 4.15. The Hall–Kier alpha value is -3.03. The van der Waals surface area contributed by atoms with E-state index in [1.807, 2.05) is 32.9 Å². The third-order valence-corrected chi connectivity index (χ3v) is 5.88. The van der Waals surface area contributed by atoms with Crippen LogP contribution in [-0.2, 0) is 11.2 Å². The summed E-state index contributed by atoms with van der Waals surface area (Å²) in [6, 6.07) is 4.07. The maximum Gasteiger partial charge on any atom is 0.252 e. The summed E-state index contributed by atoms with van der Waals surface area (Å²) in [6.07, 6.45) is 8.28. The topological polar surface area (TPSA) is 94.3 Å². The van der Waals surface area contributed by atoms with Crippen molar-refractivity contribution < 1.29 is 9.53 Å². The molecule has 3 aromatic heterocycles. The van der Waals surface area contributed by atoms with Crippen LogP contribution in [0.5, 0.6) is 5.75 Å². The van der Waals surface area contributed by atoms with Crippen LogP contribution >= 0.6 is 0 Å². The number of pyridine rings is 1. The molecule has 30 heavy (non-hydrogen) atoms. The summed E-state index contributed by atoms with van der Waals surface area (Å²) < 4.78 is 7.83. The van der Waals surface area contributed by atoms with Crippen LogP contribution in [0.15, 0.2) is 24.7 Å². The highest BCUT2D eigenvalue weighted by Gasteiger charge is 2.24. The lowest BCUT2D eigenvalue weighted by molar-refractivity contribution is -0.122. The van der Waals surface area contributed by atoms with Crippen molar-refractivity contribution in [3.63, 3.8) is 0 Å². The minimum atomic E-state index is 0.0833. The van der Waals surface area contributed by atoms with Gasteiger partial charge in [0.25, 0.3) is 5.78 Å². The Morgan fingerprint density at radius 3 is 2.73 bits per heavy atom. The molecule has 1 aliphatic rings. The second kappa shape index (κ2) is 8.77. The number of nitrogens with zero attached hydrogens (tertiary/aromatic N) is 5. The largest absolute Gasteiger partial charge is 0.489 e. The predicted molar refractivity (Wildman–Crippen MR) is 112 cm³/mol. The SMILES string of the molecule is Cc1ncccc1OC1CCC(NC(=O)CCc2c(C)nc3ncnn3c2C)CC1. The third-order valence-electron chi connectivity index (χ3n) is 5.88. The van der Waals surface area contributed by atoms with Crippen LogP contribution in [0.3, 0.4) is 0 Å². The van der Waals surface area contributed by atoms with Gasteiger partial charge in [0.15, 0.2) is 0 Å². The number of rotatable bonds is 6. The predicted octanol–water partition coefficient (Wildman–Crippen LogP) is 2.88. The fraction of sp³-hybridized carbons (Fsp3) is 0.500. The van der Waals surface area contributed by atoms with E-state index in [0.717, 1.165) is 54.1 Å². The first-order valence-electron chi connectivity index (χ1n) is 10.5. The monoisotopic (exact) mass is 408 g/mol. The zero-order valence-electron chi connectivity index (χ0n) is 17.8. The molecule has 0 spiro atoms. The number of fused-ring (bicyclic) bond motifs is 1. The van der Waals surface area contributed by atoms with Crippen molar-refractivity contribution in [2.75, 3.05) is 0 Å². The van der Waals surface area contributed by atoms with Crippen LogP contribution in [0.25, 0.3) is 5.78 Å². The second-order valence-electron chi connectivity index (χ2n) is 7.98. The molecule has 3 aromatic rings. The number of amides is 1. The number of aromatic nitrogens is 5. The number of hydrogen-bond donors (Lipinski definition) is 1. The number of carbonyl (C=O) groups is 1. The van der Waals surface area contributed by atoms with Crippen molar-refractivity contribution in [3.05, 3.63) is 47.3 Å². The van der Waals surface area contributed by atoms with E-state index >= 15 is 0 Å². The lowest BCUT2D eigenvalue weighted by Gasteiger charge is -2.29. The molecule has 0 atom stereocenters. The highest BCUT2D eigenvalue weighted by molar-refractivity contribution is 5.76. The standard InChI is InChI=1S/C22H28N6O2/c1-14-19(16(3)28-22(26-14)24-13-25-28)10-11-21(29)27-17-6-8-18(9-7-17)30-20-5-4-12-23-15(20)2/h4-5,12-13,17-18H,6-11H2,1-3H3,(H,27,29). The van der Waals surface area contributed by atoms with E-state index in [1.54, 1.807) is 10.7 Å². The lowest BCUT2D eigenvalue weighted by atomic mass is 9.92. The van der Waals surface area contributed by atoms with E-state index in [9.17, 15) is 4.79 Å². The number of hydrogen-bond acceptors (Lipinski definition) is 6. The van der Waals surface area contributed by atoms with Gasteiger partial charge in [-0.25, -0.2) is 9.50 Å². The van der Waals surface area contributed by atoms with Gasteiger partial charge in [0.1, 0.15) is 12.1 Å². The van der Waals surface area contributed by atoms with Gasteiger partial charge in [-0.2, -0.15) is 10.1 Å². The minimum Gasteiger partial charge on any atom is -0.489 e. The summed E-state index contributed by atoms with van der Waals surface area (Å²) in [5, 5.41) is 7.40. The van der Waals surface area contributed by atoms with Gasteiger partial charge in [-0.3, -0.25) is 9.78 Å². The molecule has 1 N–H and O–H groups in total. The van der Waals surface area contributed by atoms with Crippen molar-refractivity contribution in [2.24, 2.45) is 0 Å². The van der Waals surface area contributed by atoms with Crippen molar-refractivity contribution in [3.8, 4) is 5.75 Å². The molecule has 0 saturated heterocycles. The summed E-state index contributed by atoms with van der Waals surface area (Å²) in [7, 11) is 0. The van der Waals surface area contributed by atoms with Gasteiger partial charge in [0.2, 0.25) is 5.91 Å². The summed E-state index contributed by atoms with van der Waals surface area (Å²) in [4.78, 5) is 25.4. The molecule has 8 heteroatoms. The Morgan fingerprint density at radius 1 is 1.17 bits per heavy atom. The Kier molecular flexibility index (Phi) is 5.92. The summed E-state index contributed by atoms with van der Waals surface area (Å²) in [5.41, 5.74) is 3.87. The molecule has 0 aromatic carbocycles. The number of carbonyl (C=O) groups excluding carboxylic acids is 1. The van der Waals surface area contributed by atoms with Crippen LogP contribution in [0.1, 0.15) is 54.7 Å². The van der Waals surface area contributed by atoms with Gasteiger partial charge in [-0.05, 0) is 70.6 Å². The molecule has 0 bridgehead atoms. The molecule has 0 aliphatic heterocycles. The van der Waals surface area contributed by atoms with E-state index in [-0.39, 0.29) is 18.1 Å². The number of ether oxygens (including phenoxy) is 1. The molecule has 1 amide bonds. The second-order valence-corrected chi connectivity index (χ2v) is 7.98. The quantitative estimate of drug-likeness (QED) is 0.674. The lowest BCUT2D eigenvalue weighted by Crippen LogP contribution is -2.39. The summed E-state index contributed by atoms with van der Waals surface area (Å²) in [6.45, 7) is 5.91. The van der Waals surface area contributed by atoms with Crippen LogP contribution in [0.2, 0.25) is 0 Å². The van der Waals surface area contributed by atoms with Crippen molar-refractivity contribution in [1.29, 1.82) is 0 Å². The first-order valence-corrected chi connectivity index (χ1v) is 10.5. The fourth-order valence-corrected chi connectivity index (χ4v) is 4.15. The Balaban J connectivity index is 1.26. The van der Waals surface area contributed by atoms with Crippen LogP contribution in [0, 0.1) is 20.8 Å². The van der Waals surface area contributed by atoms with Gasteiger partial charge >= 0.3 is 0 Å². The Bertz CT molecular complexity index is 1040. The summed E-state index contributed by atoms with van der Waals surface area (Å²) in [5.74, 6) is 1.53. The van der Waals surface area contributed by atoms with Gasteiger partial charge < -0.3 is 10.1 Å². The summed E-state index contributed by atoms with van der Waals surface area (Å²) >= 11 is 0. The average molecular weight is 409 g/mol. The van der Waals surface area contributed by atoms with Crippen molar-refractivity contribution >= 4 is 11.7 Å². The zero-order valence-corrected chi connectivity index (χ0v) is 17.8. The highest BCUT2D eigenvalue weighted by Crippen LogP contribution is 2.25. The van der Waals surface area contributed by atoms with Gasteiger partial charge in [-0.15, -0.1) is 0 Å². The molecule has 1 fully saturated rings. The number of nitrogens with one attached hydrogen (secondary N) is 1. The molecule has 1 saturated carbocycles. The molecule has 4 rings (SSSR count). The van der Waals surface area contributed by atoms with Crippen molar-refractivity contribution in [2.45, 2.75) is 71.4 Å². The highest BCUT2D eigenvalue weighted by atomic mass is 16.5. The first kappa shape index (κ1) is 20.3. The van der Waals surface area contributed by atoms with Gasteiger partial charge in [-0.1, -0.05) is 0 Å². The van der Waals surface area contributed by atoms with Crippen LogP contribution in [0.4, 0.5) is 0 Å². The Labute approximate surface area is 176 Å². The van der Waals surface area contributed by atoms with E-state index in [1.165, 1.54) is 6.33 Å². The minimum absolute atomic E-state index is 0.0833. The zero-order chi connectivity index (χ0) is 21.1. The Morgan fingerprint density at radius 2 is 1.97 bits per heavy atom. The van der Waals surface area contributed by atoms with Crippen molar-refractivity contribution in [1.82, 2.24) is 29.9 Å².